The Morgan fingerprint density at radius 3 is 3.05 bits per heavy atom. The zero-order chi connectivity index (χ0) is 14.5. The fourth-order valence-corrected chi connectivity index (χ4v) is 3.17. The normalized spacial score (nSPS) is 15.2. The summed E-state index contributed by atoms with van der Waals surface area (Å²) in [6.45, 7) is 0. The molecule has 2 aromatic heterocycles. The first kappa shape index (κ1) is 14.0. The number of amides is 1. The number of carbonyl (C=O) groups is 1. The van der Waals surface area contributed by atoms with Crippen LogP contribution in [0.5, 0.6) is 0 Å². The molecule has 1 amide bonds. The van der Waals surface area contributed by atoms with E-state index in [0.29, 0.717) is 16.9 Å². The Labute approximate surface area is 126 Å². The molecule has 1 fully saturated rings. The molecule has 3 rings (SSSR count). The van der Waals surface area contributed by atoms with Crippen LogP contribution in [-0.2, 0) is 4.79 Å². The highest BCUT2D eigenvalue weighted by Gasteiger charge is 2.22. The lowest BCUT2D eigenvalue weighted by Crippen LogP contribution is -2.15. The lowest BCUT2D eigenvalue weighted by Gasteiger charge is -2.10. The molecule has 1 N–H and O–H groups in total. The number of thioether (sulfide) groups is 1. The Hall–Kier alpha value is -1.96. The summed E-state index contributed by atoms with van der Waals surface area (Å²) in [5.41, 5.74) is 0.693. The molecule has 1 saturated carbocycles. The van der Waals surface area contributed by atoms with E-state index >= 15 is 0 Å². The van der Waals surface area contributed by atoms with Crippen molar-refractivity contribution in [2.45, 2.75) is 36.9 Å². The van der Waals surface area contributed by atoms with Gasteiger partial charge in [0.05, 0.1) is 23.7 Å². The molecule has 2 aromatic rings. The Kier molecular flexibility index (Phi) is 4.44. The van der Waals surface area contributed by atoms with Gasteiger partial charge in [-0.05, 0) is 35.4 Å². The molecule has 0 unspecified atom stereocenters. The second-order valence-electron chi connectivity index (χ2n) is 4.92. The standard InChI is InChI=1S/C13H16N6OS/c20-12(15-10-4-3-7-14-8-10)9-21-13-16-17-18-19(13)11-5-1-2-6-11/h3-4,7-8,11H,1-2,5-6,9H2,(H,15,20). The average Bonchev–Trinajstić information content (AvgIpc) is 3.17. The largest absolute Gasteiger partial charge is 0.324 e. The monoisotopic (exact) mass is 304 g/mol. The number of hydrogen-bond acceptors (Lipinski definition) is 6. The van der Waals surface area contributed by atoms with Gasteiger partial charge in [0.15, 0.2) is 0 Å². The van der Waals surface area contributed by atoms with Gasteiger partial charge in [0.25, 0.3) is 0 Å². The summed E-state index contributed by atoms with van der Waals surface area (Å²) in [6, 6.07) is 3.96. The number of carbonyl (C=O) groups excluding carboxylic acids is 1. The van der Waals surface area contributed by atoms with Crippen LogP contribution >= 0.6 is 11.8 Å². The summed E-state index contributed by atoms with van der Waals surface area (Å²) in [4.78, 5) is 15.9. The van der Waals surface area contributed by atoms with Crippen molar-refractivity contribution in [1.29, 1.82) is 0 Å². The van der Waals surface area contributed by atoms with Crippen LogP contribution in [-0.4, -0.2) is 36.9 Å². The van der Waals surface area contributed by atoms with Crippen LogP contribution in [0.4, 0.5) is 5.69 Å². The van der Waals surface area contributed by atoms with E-state index < -0.39 is 0 Å². The lowest BCUT2D eigenvalue weighted by atomic mass is 10.3. The van der Waals surface area contributed by atoms with Crippen LogP contribution in [0.3, 0.4) is 0 Å². The van der Waals surface area contributed by atoms with Crippen molar-refractivity contribution in [1.82, 2.24) is 25.2 Å². The summed E-state index contributed by atoms with van der Waals surface area (Å²) in [7, 11) is 0. The number of nitrogens with one attached hydrogen (secondary N) is 1. The molecule has 110 valence electrons. The predicted octanol–water partition coefficient (Wildman–Crippen LogP) is 1.91. The van der Waals surface area contributed by atoms with Gasteiger partial charge < -0.3 is 5.32 Å². The second kappa shape index (κ2) is 6.66. The van der Waals surface area contributed by atoms with Crippen molar-refractivity contribution < 1.29 is 4.79 Å². The van der Waals surface area contributed by atoms with Crippen LogP contribution in [0.1, 0.15) is 31.7 Å². The number of aromatic nitrogens is 5. The van der Waals surface area contributed by atoms with E-state index in [4.69, 9.17) is 0 Å². The summed E-state index contributed by atoms with van der Waals surface area (Å²) in [6.07, 6.45) is 7.94. The molecule has 0 aliphatic heterocycles. The van der Waals surface area contributed by atoms with Crippen LogP contribution in [0, 0.1) is 0 Å². The van der Waals surface area contributed by atoms with Crippen molar-refractivity contribution in [2.75, 3.05) is 11.1 Å². The van der Waals surface area contributed by atoms with Gasteiger partial charge >= 0.3 is 0 Å². The number of rotatable bonds is 5. The molecule has 21 heavy (non-hydrogen) atoms. The highest BCUT2D eigenvalue weighted by Crippen LogP contribution is 2.31. The van der Waals surface area contributed by atoms with Gasteiger partial charge in [-0.15, -0.1) is 5.10 Å². The Morgan fingerprint density at radius 1 is 1.43 bits per heavy atom. The maximum Gasteiger partial charge on any atom is 0.234 e. The minimum Gasteiger partial charge on any atom is -0.324 e. The maximum atomic E-state index is 11.9. The molecule has 0 aromatic carbocycles. The van der Waals surface area contributed by atoms with Crippen molar-refractivity contribution in [3.8, 4) is 0 Å². The number of anilines is 1. The fourth-order valence-electron chi connectivity index (χ4n) is 2.42. The zero-order valence-electron chi connectivity index (χ0n) is 11.5. The topological polar surface area (TPSA) is 85.6 Å². The maximum absolute atomic E-state index is 11.9. The first-order chi connectivity index (χ1) is 10.3. The van der Waals surface area contributed by atoms with Crippen LogP contribution in [0.15, 0.2) is 29.7 Å². The van der Waals surface area contributed by atoms with Crippen molar-refractivity contribution in [2.24, 2.45) is 0 Å². The minimum atomic E-state index is -0.0889. The smallest absolute Gasteiger partial charge is 0.234 e. The van der Waals surface area contributed by atoms with E-state index in [1.807, 2.05) is 4.68 Å². The Morgan fingerprint density at radius 2 is 2.29 bits per heavy atom. The summed E-state index contributed by atoms with van der Waals surface area (Å²) in [5.74, 6) is 0.191. The van der Waals surface area contributed by atoms with Gasteiger partial charge in [0.2, 0.25) is 11.1 Å². The first-order valence-corrected chi connectivity index (χ1v) is 7.92. The van der Waals surface area contributed by atoms with Gasteiger partial charge in [-0.1, -0.05) is 24.6 Å². The van der Waals surface area contributed by atoms with Crippen LogP contribution in [0.2, 0.25) is 0 Å². The fraction of sp³-hybridized carbons (Fsp3) is 0.462. The van der Waals surface area contributed by atoms with E-state index in [1.54, 1.807) is 24.5 Å². The first-order valence-electron chi connectivity index (χ1n) is 6.93. The molecule has 8 heteroatoms. The number of pyridine rings is 1. The van der Waals surface area contributed by atoms with Crippen molar-refractivity contribution in [3.05, 3.63) is 24.5 Å². The SMILES string of the molecule is O=C(CSc1nnnn1C1CCCC1)Nc1cccnc1. The third-order valence-electron chi connectivity index (χ3n) is 3.41. The highest BCUT2D eigenvalue weighted by molar-refractivity contribution is 7.99. The summed E-state index contributed by atoms with van der Waals surface area (Å²) >= 11 is 1.36. The minimum absolute atomic E-state index is 0.0889. The number of tetrazole rings is 1. The molecule has 0 saturated heterocycles. The number of hydrogen-bond donors (Lipinski definition) is 1. The molecule has 0 radical (unpaired) electrons. The molecular formula is C13H16N6OS. The third kappa shape index (κ3) is 3.57. The van der Waals surface area contributed by atoms with Gasteiger partial charge in [0, 0.05) is 6.20 Å². The van der Waals surface area contributed by atoms with E-state index in [9.17, 15) is 4.79 Å². The van der Waals surface area contributed by atoms with Crippen molar-refractivity contribution in [3.63, 3.8) is 0 Å². The molecule has 2 heterocycles. The third-order valence-corrected chi connectivity index (χ3v) is 4.34. The summed E-state index contributed by atoms with van der Waals surface area (Å²) < 4.78 is 1.86. The molecule has 1 aliphatic rings. The molecule has 0 bridgehead atoms. The predicted molar refractivity (Wildman–Crippen MR) is 78.9 cm³/mol. The number of nitrogens with zero attached hydrogens (tertiary/aromatic N) is 5. The van der Waals surface area contributed by atoms with Crippen molar-refractivity contribution >= 4 is 23.4 Å². The van der Waals surface area contributed by atoms with Gasteiger partial charge in [-0.2, -0.15) is 0 Å². The zero-order valence-corrected chi connectivity index (χ0v) is 12.3. The van der Waals surface area contributed by atoms with Gasteiger partial charge in [-0.25, -0.2) is 4.68 Å². The molecular weight excluding hydrogens is 288 g/mol. The molecule has 0 atom stereocenters. The molecule has 0 spiro atoms. The van der Waals surface area contributed by atoms with Crippen LogP contribution in [0.25, 0.3) is 0 Å². The van der Waals surface area contributed by atoms with E-state index in [0.717, 1.165) is 12.8 Å². The van der Waals surface area contributed by atoms with E-state index in [2.05, 4.69) is 25.8 Å². The second-order valence-corrected chi connectivity index (χ2v) is 5.87. The molecule has 7 nitrogen and oxygen atoms in total. The van der Waals surface area contributed by atoms with Gasteiger partial charge in [0.1, 0.15) is 0 Å². The van der Waals surface area contributed by atoms with Crippen LogP contribution < -0.4 is 5.32 Å². The average molecular weight is 304 g/mol. The van der Waals surface area contributed by atoms with E-state index in [-0.39, 0.29) is 11.7 Å². The van der Waals surface area contributed by atoms with Gasteiger partial charge in [-0.3, -0.25) is 9.78 Å². The lowest BCUT2D eigenvalue weighted by molar-refractivity contribution is -0.113. The Bertz CT molecular complexity index is 596. The highest BCUT2D eigenvalue weighted by atomic mass is 32.2. The Balaban J connectivity index is 1.55. The van der Waals surface area contributed by atoms with E-state index in [1.165, 1.54) is 24.6 Å². The quantitative estimate of drug-likeness (QED) is 0.849. The molecule has 1 aliphatic carbocycles. The summed E-state index contributed by atoms with van der Waals surface area (Å²) in [5, 5.41) is 15.3.